The number of ether oxygens (including phenoxy) is 1. The number of benzene rings is 2. The summed E-state index contributed by atoms with van der Waals surface area (Å²) in [6.45, 7) is 4.55. The molecule has 32 heavy (non-hydrogen) atoms. The van der Waals surface area contributed by atoms with Gasteiger partial charge in [-0.05, 0) is 36.8 Å². The van der Waals surface area contributed by atoms with E-state index < -0.39 is 5.82 Å². The topological polar surface area (TPSA) is 59.4 Å². The summed E-state index contributed by atoms with van der Waals surface area (Å²) >= 11 is 0. The number of nitrogens with one attached hydrogen (secondary N) is 1. The van der Waals surface area contributed by atoms with Gasteiger partial charge in [0.25, 0.3) is 5.91 Å². The van der Waals surface area contributed by atoms with Crippen molar-refractivity contribution in [1.29, 1.82) is 0 Å². The van der Waals surface area contributed by atoms with E-state index in [1.54, 1.807) is 18.5 Å². The summed E-state index contributed by atoms with van der Waals surface area (Å²) in [6, 6.07) is 15.9. The van der Waals surface area contributed by atoms with E-state index in [-0.39, 0.29) is 5.91 Å². The fraction of sp³-hybridized carbons (Fsp3) is 0.200. The van der Waals surface area contributed by atoms with Crippen LogP contribution in [0.15, 0.2) is 67.0 Å². The summed E-state index contributed by atoms with van der Waals surface area (Å²) in [7, 11) is 0. The lowest BCUT2D eigenvalue weighted by Gasteiger charge is -2.27. The second-order valence-electron chi connectivity index (χ2n) is 7.80. The Balaban J connectivity index is 1.76. The second-order valence-corrected chi connectivity index (χ2v) is 7.80. The fourth-order valence-electron chi connectivity index (χ4n) is 4.06. The normalized spacial score (nSPS) is 14.0. The van der Waals surface area contributed by atoms with Gasteiger partial charge in [-0.3, -0.25) is 14.3 Å². The van der Waals surface area contributed by atoms with E-state index >= 15 is 0 Å². The summed E-state index contributed by atoms with van der Waals surface area (Å²) < 4.78 is 22.3. The van der Waals surface area contributed by atoms with Gasteiger partial charge in [-0.2, -0.15) is 0 Å². The number of piperazine rings is 1. The lowest BCUT2D eigenvalue weighted by molar-refractivity contribution is 0.0735. The molecule has 0 atom stereocenters. The lowest BCUT2D eigenvalue weighted by Crippen LogP contribution is -2.46. The molecule has 1 amide bonds. The minimum absolute atomic E-state index is 0.110. The molecule has 1 aliphatic heterocycles. The number of aromatic nitrogens is 2. The van der Waals surface area contributed by atoms with Gasteiger partial charge in [-0.15, -0.1) is 0 Å². The van der Waals surface area contributed by atoms with E-state index in [1.807, 2.05) is 52.8 Å². The molecule has 0 spiro atoms. The number of amides is 1. The maximum atomic E-state index is 14.0. The maximum Gasteiger partial charge on any atom is 0.260 e. The SMILES string of the molecule is Cc1ccc(F)cc1Oc1c(C(=O)N2CCNCC2)c2ccncc2n1-c1ccccc1. The van der Waals surface area contributed by atoms with Crippen molar-refractivity contribution in [2.24, 2.45) is 0 Å². The predicted molar refractivity (Wildman–Crippen MR) is 121 cm³/mol. The summed E-state index contributed by atoms with van der Waals surface area (Å²) in [5, 5.41) is 4.02. The van der Waals surface area contributed by atoms with Crippen molar-refractivity contribution in [2.75, 3.05) is 26.2 Å². The third-order valence-corrected chi connectivity index (χ3v) is 5.72. The van der Waals surface area contributed by atoms with Crippen LogP contribution in [0.2, 0.25) is 0 Å². The molecule has 1 N–H and O–H groups in total. The molecule has 4 aromatic rings. The van der Waals surface area contributed by atoms with Crippen LogP contribution < -0.4 is 10.1 Å². The minimum Gasteiger partial charge on any atom is -0.439 e. The van der Waals surface area contributed by atoms with E-state index in [4.69, 9.17) is 4.74 Å². The molecule has 162 valence electrons. The average Bonchev–Trinajstić information content (AvgIpc) is 3.15. The Morgan fingerprint density at radius 1 is 1.09 bits per heavy atom. The molecule has 1 saturated heterocycles. The number of fused-ring (bicyclic) bond motifs is 1. The monoisotopic (exact) mass is 430 g/mol. The van der Waals surface area contributed by atoms with Crippen molar-refractivity contribution >= 4 is 16.8 Å². The van der Waals surface area contributed by atoms with Crippen molar-refractivity contribution < 1.29 is 13.9 Å². The molecule has 2 aromatic heterocycles. The third kappa shape index (κ3) is 3.61. The van der Waals surface area contributed by atoms with Crippen LogP contribution in [0.3, 0.4) is 0 Å². The van der Waals surface area contributed by atoms with Crippen LogP contribution in [0.25, 0.3) is 16.6 Å². The van der Waals surface area contributed by atoms with Gasteiger partial charge < -0.3 is 15.0 Å². The van der Waals surface area contributed by atoms with Gasteiger partial charge in [-0.25, -0.2) is 4.39 Å². The number of halogens is 1. The molecule has 0 unspecified atom stereocenters. The Labute approximate surface area is 185 Å². The highest BCUT2D eigenvalue weighted by atomic mass is 19.1. The number of hydrogen-bond acceptors (Lipinski definition) is 4. The van der Waals surface area contributed by atoms with Crippen LogP contribution >= 0.6 is 0 Å². The number of carbonyl (C=O) groups is 1. The van der Waals surface area contributed by atoms with E-state index in [0.29, 0.717) is 30.3 Å². The molecule has 2 aromatic carbocycles. The van der Waals surface area contributed by atoms with Crippen LogP contribution in [0, 0.1) is 12.7 Å². The molecular formula is C25H23FN4O2. The lowest BCUT2D eigenvalue weighted by atomic mass is 10.1. The van der Waals surface area contributed by atoms with E-state index in [9.17, 15) is 9.18 Å². The first-order chi connectivity index (χ1) is 15.6. The van der Waals surface area contributed by atoms with Crippen LogP contribution in [-0.4, -0.2) is 46.5 Å². The first-order valence-electron chi connectivity index (χ1n) is 10.6. The zero-order valence-electron chi connectivity index (χ0n) is 17.7. The molecule has 0 aliphatic carbocycles. The van der Waals surface area contributed by atoms with Gasteiger partial charge in [0.05, 0.1) is 11.7 Å². The van der Waals surface area contributed by atoms with Crippen LogP contribution in [0.4, 0.5) is 4.39 Å². The number of pyridine rings is 1. The highest BCUT2D eigenvalue weighted by Gasteiger charge is 2.29. The Kier molecular flexibility index (Phi) is 5.33. The summed E-state index contributed by atoms with van der Waals surface area (Å²) in [6.07, 6.45) is 3.39. The smallest absolute Gasteiger partial charge is 0.260 e. The van der Waals surface area contributed by atoms with Crippen molar-refractivity contribution in [3.05, 3.63) is 83.9 Å². The molecule has 0 bridgehead atoms. The molecule has 1 fully saturated rings. The van der Waals surface area contributed by atoms with Crippen molar-refractivity contribution in [2.45, 2.75) is 6.92 Å². The first kappa shape index (κ1) is 20.2. The van der Waals surface area contributed by atoms with Crippen molar-refractivity contribution in [3.63, 3.8) is 0 Å². The minimum atomic E-state index is -0.398. The van der Waals surface area contributed by atoms with Gasteiger partial charge in [-0.1, -0.05) is 24.3 Å². The Hall–Kier alpha value is -3.71. The maximum absolute atomic E-state index is 14.0. The Morgan fingerprint density at radius 2 is 1.88 bits per heavy atom. The van der Waals surface area contributed by atoms with Crippen molar-refractivity contribution in [3.8, 4) is 17.3 Å². The van der Waals surface area contributed by atoms with Crippen LogP contribution in [0.1, 0.15) is 15.9 Å². The highest BCUT2D eigenvalue weighted by molar-refractivity contribution is 6.10. The molecule has 5 rings (SSSR count). The number of hydrogen-bond donors (Lipinski definition) is 1. The van der Waals surface area contributed by atoms with Gasteiger partial charge in [0.1, 0.15) is 17.1 Å². The van der Waals surface area contributed by atoms with Gasteiger partial charge in [0.2, 0.25) is 5.88 Å². The highest BCUT2D eigenvalue weighted by Crippen LogP contribution is 2.39. The van der Waals surface area contributed by atoms with Gasteiger partial charge >= 0.3 is 0 Å². The van der Waals surface area contributed by atoms with E-state index in [1.165, 1.54) is 12.1 Å². The number of nitrogens with zero attached hydrogens (tertiary/aromatic N) is 3. The molecular weight excluding hydrogens is 407 g/mol. The second kappa shape index (κ2) is 8.43. The number of aryl methyl sites for hydroxylation is 1. The quantitative estimate of drug-likeness (QED) is 0.524. The molecule has 0 radical (unpaired) electrons. The Morgan fingerprint density at radius 3 is 2.66 bits per heavy atom. The fourth-order valence-corrected chi connectivity index (χ4v) is 4.06. The number of rotatable bonds is 4. The van der Waals surface area contributed by atoms with E-state index in [0.717, 1.165) is 35.2 Å². The molecule has 6 nitrogen and oxygen atoms in total. The third-order valence-electron chi connectivity index (χ3n) is 5.72. The van der Waals surface area contributed by atoms with Gasteiger partial charge in [0, 0.05) is 49.5 Å². The van der Waals surface area contributed by atoms with Crippen molar-refractivity contribution in [1.82, 2.24) is 19.8 Å². The summed E-state index contributed by atoms with van der Waals surface area (Å²) in [5.74, 6) is 0.217. The average molecular weight is 430 g/mol. The van der Waals surface area contributed by atoms with Crippen LogP contribution in [-0.2, 0) is 0 Å². The Bertz CT molecular complexity index is 1280. The van der Waals surface area contributed by atoms with Crippen LogP contribution in [0.5, 0.6) is 11.6 Å². The standard InChI is InChI=1S/C25H23FN4O2/c1-17-7-8-18(26)15-22(17)32-25-23(24(31)29-13-11-27-12-14-29)20-9-10-28-16-21(20)30(25)19-5-3-2-4-6-19/h2-10,15-16,27H,11-14H2,1H3. The summed E-state index contributed by atoms with van der Waals surface area (Å²) in [5.41, 5.74) is 2.81. The zero-order chi connectivity index (χ0) is 22.1. The first-order valence-corrected chi connectivity index (χ1v) is 10.6. The molecule has 3 heterocycles. The zero-order valence-corrected chi connectivity index (χ0v) is 17.7. The number of carbonyl (C=O) groups excluding carboxylic acids is 1. The number of para-hydroxylation sites is 1. The molecule has 1 aliphatic rings. The molecule has 0 saturated carbocycles. The van der Waals surface area contributed by atoms with E-state index in [2.05, 4.69) is 10.3 Å². The molecule has 7 heteroatoms. The largest absolute Gasteiger partial charge is 0.439 e. The summed E-state index contributed by atoms with van der Waals surface area (Å²) in [4.78, 5) is 19.9. The van der Waals surface area contributed by atoms with Gasteiger partial charge in [0.15, 0.2) is 0 Å². The predicted octanol–water partition coefficient (Wildman–Crippen LogP) is 4.31.